The van der Waals surface area contributed by atoms with Gasteiger partial charge in [0.1, 0.15) is 0 Å². The molecule has 64 valence electrons. The average molecular weight is 177 g/mol. The Bertz CT molecular complexity index is 138. The first-order valence-corrected chi connectivity index (χ1v) is 3.57. The zero-order valence-electron chi connectivity index (χ0n) is 6.32. The molecule has 0 spiro atoms. The van der Waals surface area contributed by atoms with Crippen LogP contribution in [-0.2, 0) is 4.74 Å². The lowest BCUT2D eigenvalue weighted by molar-refractivity contribution is 0.00864. The highest BCUT2D eigenvalue weighted by Gasteiger charge is 2.17. The molecule has 1 rings (SSSR count). The van der Waals surface area contributed by atoms with Crippen molar-refractivity contribution < 1.29 is 4.74 Å². The van der Waals surface area contributed by atoms with Gasteiger partial charge >= 0.3 is 0 Å². The first-order chi connectivity index (χ1) is 4.83. The first-order valence-electron chi connectivity index (χ1n) is 3.57. The topological polar surface area (TPSA) is 59.0 Å². The number of rotatable bonds is 1. The second-order valence-corrected chi connectivity index (χ2v) is 2.66. The summed E-state index contributed by atoms with van der Waals surface area (Å²) in [6.45, 7) is 0.617. The summed E-state index contributed by atoms with van der Waals surface area (Å²) in [5, 5.41) is 8.32. The molecular weight excluding hydrogens is 164 g/mol. The van der Waals surface area contributed by atoms with Gasteiger partial charge in [-0.1, -0.05) is 0 Å². The fourth-order valence-corrected chi connectivity index (χ4v) is 1.09. The highest BCUT2D eigenvalue weighted by molar-refractivity contribution is 5.85. The molecule has 1 unspecified atom stereocenters. The average Bonchev–Trinajstić information content (AvgIpc) is 1.95. The van der Waals surface area contributed by atoms with Gasteiger partial charge in [0.25, 0.3) is 0 Å². The first kappa shape index (κ1) is 10.7. The molecule has 0 aromatic rings. The van der Waals surface area contributed by atoms with Gasteiger partial charge in [0.05, 0.1) is 25.2 Å². The number of nitriles is 1. The molecular formula is C7H13ClN2O. The number of nitrogens with two attached hydrogens (primary N) is 1. The zero-order valence-corrected chi connectivity index (χ0v) is 7.14. The van der Waals surface area contributed by atoms with Gasteiger partial charge in [0, 0.05) is 6.04 Å². The highest BCUT2D eigenvalue weighted by atomic mass is 35.5. The van der Waals surface area contributed by atoms with Gasteiger partial charge in [-0.25, -0.2) is 0 Å². The van der Waals surface area contributed by atoms with Gasteiger partial charge in [0.2, 0.25) is 0 Å². The summed E-state index contributed by atoms with van der Waals surface area (Å²) < 4.78 is 5.28. The predicted octanol–water partition coefficient (Wildman–Crippen LogP) is 0.828. The van der Waals surface area contributed by atoms with Crippen LogP contribution in [0.5, 0.6) is 0 Å². The van der Waals surface area contributed by atoms with Crippen LogP contribution in [0, 0.1) is 11.3 Å². The molecule has 1 aliphatic heterocycles. The van der Waals surface area contributed by atoms with Crippen molar-refractivity contribution in [2.75, 3.05) is 6.61 Å². The maximum Gasteiger partial charge on any atom is 0.0706 e. The van der Waals surface area contributed by atoms with Gasteiger partial charge in [-0.3, -0.25) is 0 Å². The van der Waals surface area contributed by atoms with Crippen LogP contribution in [0.1, 0.15) is 19.3 Å². The van der Waals surface area contributed by atoms with Gasteiger partial charge in [-0.2, -0.15) is 5.26 Å². The molecule has 2 N–H and O–H groups in total. The minimum atomic E-state index is 0. The Hall–Kier alpha value is -0.300. The zero-order chi connectivity index (χ0) is 7.40. The fraction of sp³-hybridized carbons (Fsp3) is 0.857. The summed E-state index contributed by atoms with van der Waals surface area (Å²) in [5.74, 6) is 0. The van der Waals surface area contributed by atoms with E-state index in [1.807, 2.05) is 0 Å². The van der Waals surface area contributed by atoms with Crippen LogP contribution in [0.4, 0.5) is 0 Å². The Kier molecular flexibility index (Phi) is 5.22. The summed E-state index contributed by atoms with van der Waals surface area (Å²) in [6.07, 6.45) is 2.58. The molecule has 0 aromatic carbocycles. The van der Waals surface area contributed by atoms with Gasteiger partial charge < -0.3 is 10.5 Å². The lowest BCUT2D eigenvalue weighted by Gasteiger charge is -2.24. The van der Waals surface area contributed by atoms with E-state index in [-0.39, 0.29) is 24.6 Å². The van der Waals surface area contributed by atoms with Crippen molar-refractivity contribution in [1.29, 1.82) is 5.26 Å². The Morgan fingerprint density at radius 1 is 1.55 bits per heavy atom. The Labute approximate surface area is 72.9 Å². The summed E-state index contributed by atoms with van der Waals surface area (Å²) in [4.78, 5) is 0. The Morgan fingerprint density at radius 2 is 2.27 bits per heavy atom. The monoisotopic (exact) mass is 176 g/mol. The molecule has 1 aliphatic rings. The van der Waals surface area contributed by atoms with Crippen molar-refractivity contribution >= 4 is 12.4 Å². The lowest BCUT2D eigenvalue weighted by atomic mass is 10.0. The van der Waals surface area contributed by atoms with E-state index < -0.39 is 0 Å². The summed E-state index contributed by atoms with van der Waals surface area (Å²) in [6, 6.07) is 2.28. The molecule has 0 radical (unpaired) electrons. The molecule has 11 heavy (non-hydrogen) atoms. The number of halogens is 1. The SMILES string of the molecule is Cl.N#CCC1CC[C@H](N)CO1. The molecule has 0 amide bonds. The maximum atomic E-state index is 8.32. The second kappa shape index (κ2) is 5.36. The van der Waals surface area contributed by atoms with E-state index in [1.165, 1.54) is 0 Å². The van der Waals surface area contributed by atoms with Gasteiger partial charge in [-0.05, 0) is 12.8 Å². The molecule has 3 nitrogen and oxygen atoms in total. The van der Waals surface area contributed by atoms with Crippen LogP contribution < -0.4 is 5.73 Å². The molecule has 0 aromatic heterocycles. The van der Waals surface area contributed by atoms with E-state index in [0.717, 1.165) is 12.8 Å². The van der Waals surface area contributed by atoms with E-state index in [0.29, 0.717) is 13.0 Å². The van der Waals surface area contributed by atoms with E-state index in [2.05, 4.69) is 6.07 Å². The third kappa shape index (κ3) is 3.57. The van der Waals surface area contributed by atoms with Crippen molar-refractivity contribution in [3.05, 3.63) is 0 Å². The molecule has 0 saturated carbocycles. The third-order valence-electron chi connectivity index (χ3n) is 1.72. The number of hydrogen-bond acceptors (Lipinski definition) is 3. The van der Waals surface area contributed by atoms with Crippen molar-refractivity contribution in [3.8, 4) is 6.07 Å². The molecule has 0 aliphatic carbocycles. The van der Waals surface area contributed by atoms with Gasteiger partial charge in [-0.15, -0.1) is 12.4 Å². The van der Waals surface area contributed by atoms with E-state index in [9.17, 15) is 0 Å². The summed E-state index contributed by atoms with van der Waals surface area (Å²) in [5.41, 5.74) is 5.59. The Morgan fingerprint density at radius 3 is 2.73 bits per heavy atom. The van der Waals surface area contributed by atoms with Crippen molar-refractivity contribution in [2.24, 2.45) is 5.73 Å². The van der Waals surface area contributed by atoms with Crippen LogP contribution in [0.2, 0.25) is 0 Å². The molecule has 2 atom stereocenters. The molecule has 1 heterocycles. The fourth-order valence-electron chi connectivity index (χ4n) is 1.09. The van der Waals surface area contributed by atoms with E-state index in [1.54, 1.807) is 0 Å². The smallest absolute Gasteiger partial charge is 0.0706 e. The van der Waals surface area contributed by atoms with Crippen LogP contribution >= 0.6 is 12.4 Å². The van der Waals surface area contributed by atoms with E-state index in [4.69, 9.17) is 15.7 Å². The standard InChI is InChI=1S/C7H12N2O.ClH/c8-4-3-7-2-1-6(9)5-10-7;/h6-7H,1-3,5,9H2;1H/t6-,7?;/m0./s1. The van der Waals surface area contributed by atoms with Crippen LogP contribution in [-0.4, -0.2) is 18.8 Å². The van der Waals surface area contributed by atoms with Crippen molar-refractivity contribution in [2.45, 2.75) is 31.4 Å². The van der Waals surface area contributed by atoms with Crippen molar-refractivity contribution in [3.63, 3.8) is 0 Å². The van der Waals surface area contributed by atoms with Crippen molar-refractivity contribution in [1.82, 2.24) is 0 Å². The number of nitrogens with zero attached hydrogens (tertiary/aromatic N) is 1. The number of hydrogen-bond donors (Lipinski definition) is 1. The van der Waals surface area contributed by atoms with Gasteiger partial charge in [0.15, 0.2) is 0 Å². The predicted molar refractivity (Wildman–Crippen MR) is 44.4 cm³/mol. The summed E-state index contributed by atoms with van der Waals surface area (Å²) >= 11 is 0. The minimum absolute atomic E-state index is 0. The quantitative estimate of drug-likeness (QED) is 0.644. The largest absolute Gasteiger partial charge is 0.376 e. The normalized spacial score (nSPS) is 30.2. The van der Waals surface area contributed by atoms with Crippen LogP contribution in [0.3, 0.4) is 0 Å². The molecule has 1 saturated heterocycles. The lowest BCUT2D eigenvalue weighted by Crippen LogP contribution is -2.35. The molecule has 0 bridgehead atoms. The van der Waals surface area contributed by atoms with Crippen LogP contribution in [0.25, 0.3) is 0 Å². The van der Waals surface area contributed by atoms with Crippen LogP contribution in [0.15, 0.2) is 0 Å². The summed E-state index contributed by atoms with van der Waals surface area (Å²) in [7, 11) is 0. The third-order valence-corrected chi connectivity index (χ3v) is 1.72. The highest BCUT2D eigenvalue weighted by Crippen LogP contribution is 2.13. The molecule has 1 fully saturated rings. The van der Waals surface area contributed by atoms with E-state index >= 15 is 0 Å². The molecule has 4 heteroatoms. The Balaban J connectivity index is 0.000001000. The number of ether oxygens (including phenoxy) is 1. The minimum Gasteiger partial charge on any atom is -0.376 e. The second-order valence-electron chi connectivity index (χ2n) is 2.66. The maximum absolute atomic E-state index is 8.32.